The van der Waals surface area contributed by atoms with E-state index in [-0.39, 0.29) is 5.91 Å². The van der Waals surface area contributed by atoms with E-state index in [1.165, 1.54) is 11.3 Å². The molecule has 4 rings (SSSR count). The summed E-state index contributed by atoms with van der Waals surface area (Å²) in [4.78, 5) is 23.5. The van der Waals surface area contributed by atoms with E-state index in [0.29, 0.717) is 33.6 Å². The average molecular weight is 409 g/mol. The molecule has 0 unspecified atom stereocenters. The standard InChI is InChI=1S/C21H19N3O4S/c1-11-17-12(2)22-19(16-6-5-9-28-16)24-21(17)29-18(11)20(25)23-14-10-13(26-3)7-8-15(14)27-4/h5-10H,1-4H3,(H,23,25). The number of aryl methyl sites for hydroxylation is 2. The number of fused-ring (bicyclic) bond motifs is 1. The first kappa shape index (κ1) is 18.9. The number of thiophene rings is 1. The highest BCUT2D eigenvalue weighted by Gasteiger charge is 2.21. The van der Waals surface area contributed by atoms with Crippen molar-refractivity contribution in [2.45, 2.75) is 13.8 Å². The summed E-state index contributed by atoms with van der Waals surface area (Å²) in [6, 6.07) is 8.84. The molecule has 0 aliphatic carbocycles. The number of nitrogens with one attached hydrogen (secondary N) is 1. The minimum Gasteiger partial charge on any atom is -0.497 e. The van der Waals surface area contributed by atoms with Gasteiger partial charge in [-0.3, -0.25) is 4.79 Å². The third-order valence-electron chi connectivity index (χ3n) is 4.57. The first-order chi connectivity index (χ1) is 14.0. The second-order valence-electron chi connectivity index (χ2n) is 6.37. The van der Waals surface area contributed by atoms with Crippen LogP contribution in [0.4, 0.5) is 5.69 Å². The molecule has 0 aliphatic rings. The molecule has 4 aromatic rings. The Hall–Kier alpha value is -3.39. The molecule has 148 valence electrons. The van der Waals surface area contributed by atoms with Gasteiger partial charge in [-0.1, -0.05) is 0 Å². The lowest BCUT2D eigenvalue weighted by molar-refractivity contribution is 0.102. The molecule has 0 atom stereocenters. The van der Waals surface area contributed by atoms with Gasteiger partial charge in [-0.25, -0.2) is 9.97 Å². The van der Waals surface area contributed by atoms with E-state index in [9.17, 15) is 4.79 Å². The van der Waals surface area contributed by atoms with Crippen LogP contribution in [0.5, 0.6) is 11.5 Å². The molecule has 8 heteroatoms. The Morgan fingerprint density at radius 2 is 1.97 bits per heavy atom. The third kappa shape index (κ3) is 3.42. The van der Waals surface area contributed by atoms with Crippen LogP contribution in [0.3, 0.4) is 0 Å². The number of rotatable bonds is 5. The maximum Gasteiger partial charge on any atom is 0.266 e. The molecule has 3 aromatic heterocycles. The molecular formula is C21H19N3O4S. The first-order valence-electron chi connectivity index (χ1n) is 8.86. The first-order valence-corrected chi connectivity index (χ1v) is 9.68. The van der Waals surface area contributed by atoms with E-state index in [1.54, 1.807) is 44.7 Å². The zero-order chi connectivity index (χ0) is 20.5. The van der Waals surface area contributed by atoms with Crippen molar-refractivity contribution in [2.75, 3.05) is 19.5 Å². The molecule has 0 saturated heterocycles. The van der Waals surface area contributed by atoms with Crippen LogP contribution in [0.25, 0.3) is 21.8 Å². The Bertz CT molecular complexity index is 1200. The highest BCUT2D eigenvalue weighted by Crippen LogP contribution is 2.35. The van der Waals surface area contributed by atoms with Gasteiger partial charge >= 0.3 is 0 Å². The van der Waals surface area contributed by atoms with Crippen LogP contribution in [0.2, 0.25) is 0 Å². The number of carbonyl (C=O) groups is 1. The fraction of sp³-hybridized carbons (Fsp3) is 0.190. The summed E-state index contributed by atoms with van der Waals surface area (Å²) in [5.74, 6) is 2.03. The van der Waals surface area contributed by atoms with Crippen molar-refractivity contribution in [1.82, 2.24) is 9.97 Å². The Labute approximate surface area is 171 Å². The Morgan fingerprint density at radius 3 is 2.66 bits per heavy atom. The van der Waals surface area contributed by atoms with Crippen LogP contribution in [-0.2, 0) is 0 Å². The number of aromatic nitrogens is 2. The molecule has 0 fully saturated rings. The lowest BCUT2D eigenvalue weighted by Gasteiger charge is -2.11. The molecule has 0 radical (unpaired) electrons. The predicted molar refractivity (Wildman–Crippen MR) is 112 cm³/mol. The number of nitrogens with zero attached hydrogens (tertiary/aromatic N) is 2. The molecule has 0 aliphatic heterocycles. The largest absolute Gasteiger partial charge is 0.497 e. The number of amides is 1. The molecule has 7 nitrogen and oxygen atoms in total. The highest BCUT2D eigenvalue weighted by atomic mass is 32.1. The second kappa shape index (κ2) is 7.56. The van der Waals surface area contributed by atoms with Gasteiger partial charge < -0.3 is 19.2 Å². The number of carbonyl (C=O) groups excluding carboxylic acids is 1. The van der Waals surface area contributed by atoms with Crippen LogP contribution >= 0.6 is 11.3 Å². The average Bonchev–Trinajstić information content (AvgIpc) is 3.36. The van der Waals surface area contributed by atoms with E-state index in [4.69, 9.17) is 13.9 Å². The molecule has 0 bridgehead atoms. The van der Waals surface area contributed by atoms with Gasteiger partial charge in [0.1, 0.15) is 16.3 Å². The van der Waals surface area contributed by atoms with Gasteiger partial charge in [0.2, 0.25) is 0 Å². The summed E-state index contributed by atoms with van der Waals surface area (Å²) in [5.41, 5.74) is 2.17. The maximum absolute atomic E-state index is 13.0. The van der Waals surface area contributed by atoms with Gasteiger partial charge in [-0.15, -0.1) is 11.3 Å². The zero-order valence-electron chi connectivity index (χ0n) is 16.4. The fourth-order valence-corrected chi connectivity index (χ4v) is 4.29. The number of benzene rings is 1. The van der Waals surface area contributed by atoms with Gasteiger partial charge in [0.05, 0.1) is 36.7 Å². The minimum atomic E-state index is -0.240. The molecule has 3 heterocycles. The normalized spacial score (nSPS) is 10.9. The summed E-state index contributed by atoms with van der Waals surface area (Å²) in [5, 5.41) is 3.80. The number of anilines is 1. The SMILES string of the molecule is COc1ccc(OC)c(NC(=O)c2sc3nc(-c4ccco4)nc(C)c3c2C)c1. The van der Waals surface area contributed by atoms with Crippen molar-refractivity contribution < 1.29 is 18.7 Å². The Balaban J connectivity index is 1.73. The Morgan fingerprint density at radius 1 is 1.14 bits per heavy atom. The van der Waals surface area contributed by atoms with Crippen molar-refractivity contribution >= 4 is 33.1 Å². The topological polar surface area (TPSA) is 86.5 Å². The lowest BCUT2D eigenvalue weighted by atomic mass is 10.1. The van der Waals surface area contributed by atoms with Gasteiger partial charge in [-0.2, -0.15) is 0 Å². The maximum atomic E-state index is 13.0. The number of hydrogen-bond acceptors (Lipinski definition) is 7. The van der Waals surface area contributed by atoms with E-state index in [2.05, 4.69) is 15.3 Å². The molecular weight excluding hydrogens is 390 g/mol. The predicted octanol–water partition coefficient (Wildman–Crippen LogP) is 4.84. The third-order valence-corrected chi connectivity index (χ3v) is 5.76. The molecule has 0 spiro atoms. The number of hydrogen-bond donors (Lipinski definition) is 1. The van der Waals surface area contributed by atoms with Crippen molar-refractivity contribution in [3.05, 3.63) is 52.7 Å². The Kier molecular flexibility index (Phi) is 4.94. The van der Waals surface area contributed by atoms with Crippen LogP contribution in [0.15, 0.2) is 41.0 Å². The number of ether oxygens (including phenoxy) is 2. The van der Waals surface area contributed by atoms with Gasteiger partial charge in [0.15, 0.2) is 11.6 Å². The van der Waals surface area contributed by atoms with Crippen molar-refractivity contribution in [2.24, 2.45) is 0 Å². The number of furan rings is 1. The van der Waals surface area contributed by atoms with Crippen molar-refractivity contribution in [1.29, 1.82) is 0 Å². The quantitative estimate of drug-likeness (QED) is 0.508. The smallest absolute Gasteiger partial charge is 0.266 e. The summed E-state index contributed by atoms with van der Waals surface area (Å²) in [6.07, 6.45) is 1.58. The van der Waals surface area contributed by atoms with Gasteiger partial charge in [0.25, 0.3) is 5.91 Å². The molecule has 1 aromatic carbocycles. The summed E-state index contributed by atoms with van der Waals surface area (Å²) < 4.78 is 16.0. The molecule has 1 amide bonds. The second-order valence-corrected chi connectivity index (χ2v) is 7.37. The number of methoxy groups -OCH3 is 2. The summed E-state index contributed by atoms with van der Waals surface area (Å²) in [6.45, 7) is 3.81. The van der Waals surface area contributed by atoms with E-state index >= 15 is 0 Å². The van der Waals surface area contributed by atoms with Crippen LogP contribution in [0.1, 0.15) is 20.9 Å². The van der Waals surface area contributed by atoms with E-state index in [1.807, 2.05) is 19.9 Å². The van der Waals surface area contributed by atoms with Crippen LogP contribution in [-0.4, -0.2) is 30.1 Å². The molecule has 0 saturated carbocycles. The van der Waals surface area contributed by atoms with Gasteiger partial charge in [0, 0.05) is 11.5 Å². The van der Waals surface area contributed by atoms with Gasteiger partial charge in [-0.05, 0) is 43.7 Å². The molecule has 29 heavy (non-hydrogen) atoms. The monoisotopic (exact) mass is 409 g/mol. The fourth-order valence-electron chi connectivity index (χ4n) is 3.16. The lowest BCUT2D eigenvalue weighted by Crippen LogP contribution is -2.12. The van der Waals surface area contributed by atoms with Crippen LogP contribution in [0, 0.1) is 13.8 Å². The van der Waals surface area contributed by atoms with E-state index < -0.39 is 0 Å². The van der Waals surface area contributed by atoms with Crippen LogP contribution < -0.4 is 14.8 Å². The van der Waals surface area contributed by atoms with Crippen molar-refractivity contribution in [3.63, 3.8) is 0 Å². The summed E-state index contributed by atoms with van der Waals surface area (Å²) >= 11 is 1.32. The zero-order valence-corrected chi connectivity index (χ0v) is 17.2. The van der Waals surface area contributed by atoms with Crippen molar-refractivity contribution in [3.8, 4) is 23.1 Å². The van der Waals surface area contributed by atoms with E-state index in [0.717, 1.165) is 21.5 Å². The summed E-state index contributed by atoms with van der Waals surface area (Å²) in [7, 11) is 3.12. The molecule has 1 N–H and O–H groups in total. The minimum absolute atomic E-state index is 0.240. The highest BCUT2D eigenvalue weighted by molar-refractivity contribution is 7.20.